The minimum Gasteiger partial charge on any atom is -0.275 e. The second-order valence-electron chi connectivity index (χ2n) is 13.5. The molecule has 0 fully saturated rings. The van der Waals surface area contributed by atoms with Crippen LogP contribution in [-0.2, 0) is 10.8 Å². The summed E-state index contributed by atoms with van der Waals surface area (Å²) >= 11 is 7.17. The van der Waals surface area contributed by atoms with Crippen molar-refractivity contribution in [1.29, 1.82) is 0 Å². The van der Waals surface area contributed by atoms with Gasteiger partial charge in [-0.05, 0) is 97.9 Å². The van der Waals surface area contributed by atoms with Crippen LogP contribution in [-0.4, -0.2) is 24.4 Å². The molecule has 216 valence electrons. The fourth-order valence-corrected chi connectivity index (χ4v) is 8.42. The van der Waals surface area contributed by atoms with E-state index in [0.717, 1.165) is 24.3 Å². The molecule has 0 amide bonds. The third-order valence-corrected chi connectivity index (χ3v) is 10.8. The number of nitrogens with one attached hydrogen (secondary N) is 1. The minimum atomic E-state index is -0.104. The molecule has 1 atom stereocenters. The van der Waals surface area contributed by atoms with Crippen LogP contribution in [0.3, 0.4) is 0 Å². The van der Waals surface area contributed by atoms with E-state index in [0.29, 0.717) is 0 Å². The van der Waals surface area contributed by atoms with Crippen LogP contribution < -0.4 is 4.90 Å². The number of halogens is 1. The van der Waals surface area contributed by atoms with E-state index >= 15 is 0 Å². The third kappa shape index (κ3) is 4.30. The van der Waals surface area contributed by atoms with E-state index in [-0.39, 0.29) is 10.8 Å². The highest BCUT2D eigenvalue weighted by atomic mass is 35.5. The van der Waals surface area contributed by atoms with Gasteiger partial charge in [0.1, 0.15) is 18.4 Å². The van der Waals surface area contributed by atoms with Gasteiger partial charge in [-0.15, -0.1) is 0 Å². The molecule has 4 aromatic rings. The van der Waals surface area contributed by atoms with Gasteiger partial charge in [-0.2, -0.15) is 4.58 Å². The topological polar surface area (TPSA) is 7.45 Å². The minimum absolute atomic E-state index is 0.0701. The van der Waals surface area contributed by atoms with Crippen molar-refractivity contribution >= 4 is 50.2 Å². The van der Waals surface area contributed by atoms with Crippen molar-refractivity contribution in [2.45, 2.75) is 57.8 Å². The van der Waals surface area contributed by atoms with E-state index in [4.69, 9.17) is 11.6 Å². The van der Waals surface area contributed by atoms with Gasteiger partial charge in [0.15, 0.2) is 5.71 Å². The summed E-state index contributed by atoms with van der Waals surface area (Å²) in [6.45, 7) is 9.42. The first kappa shape index (κ1) is 28.1. The lowest BCUT2D eigenvalue weighted by molar-refractivity contribution is -0.764. The quantitative estimate of drug-likeness (QED) is 0.230. The summed E-state index contributed by atoms with van der Waals surface area (Å²) in [6.07, 6.45) is 12.4. The maximum Gasteiger partial charge on any atom is 0.210 e. The van der Waals surface area contributed by atoms with Crippen molar-refractivity contribution in [3.05, 3.63) is 130 Å². The largest absolute Gasteiger partial charge is 0.275 e. The van der Waals surface area contributed by atoms with Crippen LogP contribution in [0.2, 0.25) is 0 Å². The fraction of sp³-hybridized carbons (Fsp3) is 0.275. The first-order valence-electron chi connectivity index (χ1n) is 15.6. The Kier molecular flexibility index (Phi) is 6.65. The number of quaternary nitrogens is 1. The number of hydrogen-bond donors (Lipinski definition) is 1. The second kappa shape index (κ2) is 10.2. The molecular formula is C40H41ClN2+2. The smallest absolute Gasteiger partial charge is 0.210 e. The number of allylic oxidation sites excluding steroid dienone is 8. The van der Waals surface area contributed by atoms with Crippen LogP contribution in [0.1, 0.15) is 58.1 Å². The molecule has 3 aliphatic rings. The Morgan fingerprint density at radius 1 is 0.744 bits per heavy atom. The molecule has 4 aromatic carbocycles. The summed E-state index contributed by atoms with van der Waals surface area (Å²) in [4.78, 5) is 1.37. The lowest BCUT2D eigenvalue weighted by atomic mass is 9.79. The Morgan fingerprint density at radius 3 is 2.12 bits per heavy atom. The average Bonchev–Trinajstić information content (AvgIpc) is 3.33. The maximum atomic E-state index is 7.17. The van der Waals surface area contributed by atoms with Gasteiger partial charge in [0.25, 0.3) is 0 Å². The molecule has 1 aliphatic carbocycles. The lowest BCUT2D eigenvalue weighted by Gasteiger charge is -2.21. The SMILES string of the molecule is C[N+]1=C(/C=C/C2=C(Cl)C(=C/C=C3\[NH+](C)c4ccc5ccccc5c4C3(C)C)/CCC2)C(C)(C)c2c1ccc1ccccc21. The Morgan fingerprint density at radius 2 is 1.40 bits per heavy atom. The molecule has 0 spiro atoms. The van der Waals surface area contributed by atoms with Gasteiger partial charge in [0.05, 0.1) is 17.9 Å². The van der Waals surface area contributed by atoms with Gasteiger partial charge in [-0.1, -0.05) is 72.3 Å². The van der Waals surface area contributed by atoms with Gasteiger partial charge < -0.3 is 0 Å². The average molecular weight is 585 g/mol. The Labute approximate surface area is 261 Å². The highest BCUT2D eigenvalue weighted by Crippen LogP contribution is 2.45. The van der Waals surface area contributed by atoms with E-state index in [9.17, 15) is 0 Å². The summed E-state index contributed by atoms with van der Waals surface area (Å²) in [5, 5.41) is 6.21. The van der Waals surface area contributed by atoms with Crippen molar-refractivity contribution in [3.8, 4) is 0 Å². The number of benzene rings is 4. The van der Waals surface area contributed by atoms with Crippen molar-refractivity contribution in [2.75, 3.05) is 14.1 Å². The summed E-state index contributed by atoms with van der Waals surface area (Å²) < 4.78 is 2.36. The highest BCUT2D eigenvalue weighted by Gasteiger charge is 2.45. The Hall–Kier alpha value is -3.72. The maximum absolute atomic E-state index is 7.17. The molecule has 1 unspecified atom stereocenters. The number of nitrogens with zero attached hydrogens (tertiary/aromatic N) is 1. The zero-order valence-corrected chi connectivity index (χ0v) is 26.9. The normalized spacial score (nSPS) is 22.9. The van der Waals surface area contributed by atoms with Gasteiger partial charge in [0.2, 0.25) is 5.69 Å². The monoisotopic (exact) mass is 584 g/mol. The van der Waals surface area contributed by atoms with Gasteiger partial charge in [-0.25, -0.2) is 0 Å². The lowest BCUT2D eigenvalue weighted by Crippen LogP contribution is -3.01. The van der Waals surface area contributed by atoms with Crippen LogP contribution in [0, 0.1) is 0 Å². The van der Waals surface area contributed by atoms with E-state index in [1.165, 1.54) is 71.5 Å². The second-order valence-corrected chi connectivity index (χ2v) is 13.9. The molecule has 0 radical (unpaired) electrons. The van der Waals surface area contributed by atoms with Crippen LogP contribution in [0.4, 0.5) is 11.4 Å². The van der Waals surface area contributed by atoms with E-state index in [1.807, 2.05) is 0 Å². The van der Waals surface area contributed by atoms with Crippen LogP contribution in [0.25, 0.3) is 21.5 Å². The van der Waals surface area contributed by atoms with Gasteiger partial charge in [-0.3, -0.25) is 4.90 Å². The van der Waals surface area contributed by atoms with Crippen LogP contribution in [0.15, 0.2) is 119 Å². The van der Waals surface area contributed by atoms with Crippen molar-refractivity contribution in [3.63, 3.8) is 0 Å². The molecule has 2 heterocycles. The first-order valence-corrected chi connectivity index (χ1v) is 16.0. The van der Waals surface area contributed by atoms with Gasteiger partial charge >= 0.3 is 0 Å². The van der Waals surface area contributed by atoms with Crippen molar-refractivity contribution < 1.29 is 9.48 Å². The summed E-state index contributed by atoms with van der Waals surface area (Å²) in [7, 11) is 4.47. The summed E-state index contributed by atoms with van der Waals surface area (Å²) in [5.74, 6) is 0. The summed E-state index contributed by atoms with van der Waals surface area (Å²) in [6, 6.07) is 26.6. The Bertz CT molecular complexity index is 1980. The molecule has 0 saturated carbocycles. The molecule has 0 bridgehead atoms. The highest BCUT2D eigenvalue weighted by molar-refractivity contribution is 6.32. The first-order chi connectivity index (χ1) is 20.6. The molecular weight excluding hydrogens is 544 g/mol. The predicted octanol–water partition coefficient (Wildman–Crippen LogP) is 9.18. The third-order valence-electron chi connectivity index (χ3n) is 10.3. The number of fused-ring (bicyclic) bond motifs is 6. The van der Waals surface area contributed by atoms with Crippen molar-refractivity contribution in [1.82, 2.24) is 0 Å². The number of likely N-dealkylation sites (N-methyl/N-ethyl adjacent to an activating group) is 1. The van der Waals surface area contributed by atoms with E-state index in [2.05, 4.69) is 143 Å². The molecule has 3 heteroatoms. The van der Waals surface area contributed by atoms with Gasteiger partial charge in [0, 0.05) is 34.4 Å². The standard InChI is InChI=1S/C40H40ClN2/c1-39(2)34(42(5)32-22-18-26-12-7-9-16-30(26)36(32)39)24-20-28-14-11-15-29(38(28)41)21-25-35-40(3,4)37-31-17-10-8-13-27(31)19-23-33(37)43(35)6/h7-10,12-13,16-25H,11,14-15H2,1-6H3/q+1/p+1. The number of hydrogen-bond acceptors (Lipinski definition) is 0. The van der Waals surface area contributed by atoms with E-state index < -0.39 is 0 Å². The van der Waals surface area contributed by atoms with Crippen molar-refractivity contribution in [2.24, 2.45) is 0 Å². The molecule has 7 rings (SSSR count). The zero-order chi connectivity index (χ0) is 30.1. The number of rotatable bonds is 3. The zero-order valence-electron chi connectivity index (χ0n) is 26.2. The molecule has 2 aliphatic heterocycles. The summed E-state index contributed by atoms with van der Waals surface area (Å²) in [5.41, 5.74) is 10.5. The Balaban J connectivity index is 1.22. The van der Waals surface area contributed by atoms with E-state index in [1.54, 1.807) is 0 Å². The van der Waals surface area contributed by atoms with Crippen LogP contribution in [0.5, 0.6) is 0 Å². The fourth-order valence-electron chi connectivity index (χ4n) is 8.10. The predicted molar refractivity (Wildman–Crippen MR) is 183 cm³/mol. The van der Waals surface area contributed by atoms with Crippen LogP contribution >= 0.6 is 11.6 Å². The molecule has 0 saturated heterocycles. The molecule has 1 N–H and O–H groups in total. The molecule has 43 heavy (non-hydrogen) atoms. The molecule has 2 nitrogen and oxygen atoms in total. The molecule has 0 aromatic heterocycles.